The summed E-state index contributed by atoms with van der Waals surface area (Å²) in [6.45, 7) is 4.82. The number of hydrogen-bond acceptors (Lipinski definition) is 8. The molecule has 2 fully saturated rings. The molecule has 0 radical (unpaired) electrons. The van der Waals surface area contributed by atoms with Crippen molar-refractivity contribution in [3.8, 4) is 11.5 Å². The van der Waals surface area contributed by atoms with Crippen LogP contribution < -0.4 is 29.9 Å². The number of fused-ring (bicyclic) bond motifs is 1. The zero-order valence-corrected chi connectivity index (χ0v) is 20.7. The Labute approximate surface area is 210 Å². The van der Waals surface area contributed by atoms with E-state index in [0.717, 1.165) is 80.3 Å². The van der Waals surface area contributed by atoms with Crippen LogP contribution in [0, 0.1) is 0 Å². The van der Waals surface area contributed by atoms with Gasteiger partial charge in [0.1, 0.15) is 12.1 Å². The van der Waals surface area contributed by atoms with Gasteiger partial charge in [-0.15, -0.1) is 0 Å². The normalized spacial score (nSPS) is 16.6. The summed E-state index contributed by atoms with van der Waals surface area (Å²) in [5.41, 5.74) is 2.72. The van der Waals surface area contributed by atoms with Gasteiger partial charge in [-0.25, -0.2) is 14.8 Å². The molecule has 190 valence electrons. The smallest absolute Gasteiger partial charge is 0.319 e. The third-order valence-electron chi connectivity index (χ3n) is 6.75. The molecule has 2 amide bonds. The summed E-state index contributed by atoms with van der Waals surface area (Å²) < 4.78 is 16.3. The van der Waals surface area contributed by atoms with Crippen LogP contribution in [0.3, 0.4) is 0 Å². The second-order valence-corrected chi connectivity index (χ2v) is 8.93. The number of anilines is 3. The van der Waals surface area contributed by atoms with Crippen molar-refractivity contribution in [1.82, 2.24) is 15.3 Å². The first kappa shape index (κ1) is 23.9. The summed E-state index contributed by atoms with van der Waals surface area (Å²) in [4.78, 5) is 26.1. The van der Waals surface area contributed by atoms with Gasteiger partial charge in [0.05, 0.1) is 33.0 Å². The van der Waals surface area contributed by atoms with E-state index in [2.05, 4.69) is 30.4 Å². The van der Waals surface area contributed by atoms with Crippen LogP contribution in [0.4, 0.5) is 22.0 Å². The Kier molecular flexibility index (Phi) is 7.22. The number of amides is 2. The standard InChI is InChI=1S/C26H32N6O4/c1-34-23-15-21-22(16-24(23)35-2)27-17-28-25(21)32-9-7-19(8-10-32)30-26(33)29-18-3-5-20(6-4-18)31-11-13-36-14-12-31/h3-6,15-17,19H,7-14H2,1-2H3,(H2,29,30,33). The van der Waals surface area contributed by atoms with Gasteiger partial charge < -0.3 is 34.6 Å². The lowest BCUT2D eigenvalue weighted by molar-refractivity contribution is 0.122. The Bertz CT molecular complexity index is 1190. The lowest BCUT2D eigenvalue weighted by atomic mass is 10.0. The van der Waals surface area contributed by atoms with Crippen LogP contribution in [0.2, 0.25) is 0 Å². The highest BCUT2D eigenvalue weighted by atomic mass is 16.5. The maximum atomic E-state index is 12.6. The second kappa shape index (κ2) is 10.9. The average molecular weight is 493 g/mol. The number of ether oxygens (including phenoxy) is 3. The number of morpholine rings is 1. The van der Waals surface area contributed by atoms with Crippen molar-refractivity contribution in [3.05, 3.63) is 42.7 Å². The molecule has 2 aliphatic rings. The monoisotopic (exact) mass is 492 g/mol. The second-order valence-electron chi connectivity index (χ2n) is 8.93. The van der Waals surface area contributed by atoms with Crippen LogP contribution >= 0.6 is 0 Å². The van der Waals surface area contributed by atoms with Gasteiger partial charge in [0.25, 0.3) is 0 Å². The molecule has 36 heavy (non-hydrogen) atoms. The molecule has 10 heteroatoms. The molecule has 3 heterocycles. The fraction of sp³-hybridized carbons (Fsp3) is 0.423. The van der Waals surface area contributed by atoms with Gasteiger partial charge in [-0.1, -0.05) is 0 Å². The molecule has 0 unspecified atom stereocenters. The van der Waals surface area contributed by atoms with Crippen LogP contribution in [-0.4, -0.2) is 75.7 Å². The fourth-order valence-corrected chi connectivity index (χ4v) is 4.79. The number of urea groups is 1. The lowest BCUT2D eigenvalue weighted by Gasteiger charge is -2.33. The number of carbonyl (C=O) groups excluding carboxylic acids is 1. The highest BCUT2D eigenvalue weighted by Crippen LogP contribution is 2.35. The maximum absolute atomic E-state index is 12.6. The van der Waals surface area contributed by atoms with E-state index in [1.54, 1.807) is 20.5 Å². The Morgan fingerprint density at radius 1 is 0.944 bits per heavy atom. The van der Waals surface area contributed by atoms with E-state index in [1.807, 2.05) is 36.4 Å². The van der Waals surface area contributed by atoms with Crippen LogP contribution in [-0.2, 0) is 4.74 Å². The molecule has 0 saturated carbocycles. The van der Waals surface area contributed by atoms with Gasteiger partial charge >= 0.3 is 6.03 Å². The summed E-state index contributed by atoms with van der Waals surface area (Å²) in [5, 5.41) is 6.99. The number of methoxy groups -OCH3 is 2. The van der Waals surface area contributed by atoms with Crippen molar-refractivity contribution in [1.29, 1.82) is 0 Å². The highest BCUT2D eigenvalue weighted by Gasteiger charge is 2.24. The van der Waals surface area contributed by atoms with Crippen LogP contribution in [0.5, 0.6) is 11.5 Å². The molecule has 5 rings (SSSR count). The van der Waals surface area contributed by atoms with E-state index in [0.29, 0.717) is 11.5 Å². The minimum atomic E-state index is -0.183. The predicted octanol–water partition coefficient (Wildman–Crippen LogP) is 3.27. The van der Waals surface area contributed by atoms with Gasteiger partial charge in [-0.05, 0) is 43.2 Å². The van der Waals surface area contributed by atoms with Crippen LogP contribution in [0.1, 0.15) is 12.8 Å². The number of nitrogens with zero attached hydrogens (tertiary/aromatic N) is 4. The first-order valence-corrected chi connectivity index (χ1v) is 12.3. The molecule has 0 bridgehead atoms. The summed E-state index contributed by atoms with van der Waals surface area (Å²) >= 11 is 0. The first-order valence-electron chi connectivity index (χ1n) is 12.3. The van der Waals surface area contributed by atoms with Gasteiger partial charge in [-0.2, -0.15) is 0 Å². The molecule has 1 aromatic heterocycles. The Hall–Kier alpha value is -3.79. The molecule has 2 aromatic carbocycles. The van der Waals surface area contributed by atoms with E-state index in [4.69, 9.17) is 14.2 Å². The molecular formula is C26H32N6O4. The number of piperidine rings is 1. The number of rotatable bonds is 6. The lowest BCUT2D eigenvalue weighted by Crippen LogP contribution is -2.46. The van der Waals surface area contributed by atoms with Crippen molar-refractivity contribution < 1.29 is 19.0 Å². The van der Waals surface area contributed by atoms with Gasteiger partial charge in [-0.3, -0.25) is 0 Å². The van der Waals surface area contributed by atoms with Gasteiger partial charge in [0, 0.05) is 55.0 Å². The van der Waals surface area contributed by atoms with Crippen molar-refractivity contribution in [3.63, 3.8) is 0 Å². The first-order chi connectivity index (χ1) is 17.6. The fourth-order valence-electron chi connectivity index (χ4n) is 4.79. The quantitative estimate of drug-likeness (QED) is 0.541. The summed E-state index contributed by atoms with van der Waals surface area (Å²) in [7, 11) is 3.23. The molecule has 3 aromatic rings. The predicted molar refractivity (Wildman–Crippen MR) is 140 cm³/mol. The number of carbonyl (C=O) groups is 1. The zero-order chi connectivity index (χ0) is 24.9. The summed E-state index contributed by atoms with van der Waals surface area (Å²) in [6.07, 6.45) is 3.22. The van der Waals surface area contributed by atoms with E-state index < -0.39 is 0 Å². The van der Waals surface area contributed by atoms with E-state index >= 15 is 0 Å². The molecule has 0 atom stereocenters. The van der Waals surface area contributed by atoms with Gasteiger partial charge in [0.2, 0.25) is 0 Å². The topological polar surface area (TPSA) is 101 Å². The molecule has 0 spiro atoms. The van der Waals surface area contributed by atoms with E-state index in [-0.39, 0.29) is 12.1 Å². The van der Waals surface area contributed by atoms with Crippen LogP contribution in [0.15, 0.2) is 42.7 Å². The van der Waals surface area contributed by atoms with Crippen molar-refractivity contribution >= 4 is 34.1 Å². The third kappa shape index (κ3) is 5.23. The number of nitrogens with one attached hydrogen (secondary N) is 2. The van der Waals surface area contributed by atoms with E-state index in [1.165, 1.54) is 0 Å². The molecule has 2 N–H and O–H groups in total. The Morgan fingerprint density at radius 3 is 2.33 bits per heavy atom. The van der Waals surface area contributed by atoms with E-state index in [9.17, 15) is 4.79 Å². The Balaban J connectivity index is 1.16. The summed E-state index contributed by atoms with van der Waals surface area (Å²) in [5.74, 6) is 2.15. The average Bonchev–Trinajstić information content (AvgIpc) is 2.93. The maximum Gasteiger partial charge on any atom is 0.319 e. The minimum absolute atomic E-state index is 0.0941. The number of aromatic nitrogens is 2. The molecular weight excluding hydrogens is 460 g/mol. The minimum Gasteiger partial charge on any atom is -0.493 e. The van der Waals surface area contributed by atoms with Crippen molar-refractivity contribution in [2.75, 3.05) is 68.7 Å². The molecule has 10 nitrogen and oxygen atoms in total. The van der Waals surface area contributed by atoms with Crippen molar-refractivity contribution in [2.24, 2.45) is 0 Å². The molecule has 0 aliphatic carbocycles. The van der Waals surface area contributed by atoms with Crippen LogP contribution in [0.25, 0.3) is 10.9 Å². The zero-order valence-electron chi connectivity index (χ0n) is 20.7. The number of hydrogen-bond donors (Lipinski definition) is 2. The Morgan fingerprint density at radius 2 is 1.64 bits per heavy atom. The largest absolute Gasteiger partial charge is 0.493 e. The number of benzene rings is 2. The highest BCUT2D eigenvalue weighted by molar-refractivity contribution is 5.92. The summed E-state index contributed by atoms with van der Waals surface area (Å²) in [6, 6.07) is 11.7. The molecule has 2 aliphatic heterocycles. The molecule has 2 saturated heterocycles. The SMILES string of the molecule is COc1cc2ncnc(N3CCC(NC(=O)Nc4ccc(N5CCOCC5)cc4)CC3)c2cc1OC. The van der Waals surface area contributed by atoms with Crippen molar-refractivity contribution in [2.45, 2.75) is 18.9 Å². The third-order valence-corrected chi connectivity index (χ3v) is 6.75. The van der Waals surface area contributed by atoms with Gasteiger partial charge in [0.15, 0.2) is 11.5 Å².